The maximum Gasteiger partial charge on any atom is 0.276 e. The number of hydrogen-bond acceptors (Lipinski definition) is 3. The van der Waals surface area contributed by atoms with Gasteiger partial charge >= 0.3 is 0 Å². The molecule has 0 aliphatic heterocycles. The van der Waals surface area contributed by atoms with Crippen molar-refractivity contribution in [3.05, 3.63) is 66.2 Å². The highest BCUT2D eigenvalue weighted by Crippen LogP contribution is 2.47. The van der Waals surface area contributed by atoms with E-state index in [9.17, 15) is 9.59 Å². The van der Waals surface area contributed by atoms with Gasteiger partial charge < -0.3 is 4.74 Å². The molecule has 0 bridgehead atoms. The minimum absolute atomic E-state index is 0.0762. The number of amides is 2. The van der Waals surface area contributed by atoms with Gasteiger partial charge in [0.25, 0.3) is 5.91 Å². The van der Waals surface area contributed by atoms with Gasteiger partial charge in [0, 0.05) is 5.92 Å². The van der Waals surface area contributed by atoms with Gasteiger partial charge in [-0.3, -0.25) is 20.4 Å². The van der Waals surface area contributed by atoms with E-state index in [1.54, 1.807) is 12.1 Å². The van der Waals surface area contributed by atoms with Crippen LogP contribution in [0.1, 0.15) is 17.9 Å². The largest absolute Gasteiger partial charge is 0.484 e. The lowest BCUT2D eigenvalue weighted by molar-refractivity contribution is -0.130. The van der Waals surface area contributed by atoms with Crippen LogP contribution in [0.2, 0.25) is 0 Å². The van der Waals surface area contributed by atoms with Gasteiger partial charge in [0.05, 0.1) is 0 Å². The topological polar surface area (TPSA) is 67.4 Å². The smallest absolute Gasteiger partial charge is 0.276 e. The molecule has 1 aliphatic carbocycles. The summed E-state index contributed by atoms with van der Waals surface area (Å²) in [6.45, 7) is -0.142. The lowest BCUT2D eigenvalue weighted by Crippen LogP contribution is -2.44. The van der Waals surface area contributed by atoms with Crippen LogP contribution >= 0.6 is 0 Å². The van der Waals surface area contributed by atoms with E-state index in [-0.39, 0.29) is 30.3 Å². The molecular formula is C18H18N2O3. The zero-order chi connectivity index (χ0) is 16.1. The molecule has 1 fully saturated rings. The fraction of sp³-hybridized carbons (Fsp3) is 0.222. The maximum atomic E-state index is 12.0. The maximum absolute atomic E-state index is 12.0. The summed E-state index contributed by atoms with van der Waals surface area (Å²) in [7, 11) is 0. The van der Waals surface area contributed by atoms with Gasteiger partial charge in [0.1, 0.15) is 5.75 Å². The summed E-state index contributed by atoms with van der Waals surface area (Å²) in [6.07, 6.45) is 0.812. The molecule has 0 spiro atoms. The number of ether oxygens (including phenoxy) is 1. The Balaban J connectivity index is 1.39. The Labute approximate surface area is 134 Å². The summed E-state index contributed by atoms with van der Waals surface area (Å²) in [5, 5.41) is 0. The Morgan fingerprint density at radius 1 is 0.957 bits per heavy atom. The predicted molar refractivity (Wildman–Crippen MR) is 85.5 cm³/mol. The molecule has 0 aromatic heterocycles. The van der Waals surface area contributed by atoms with Crippen molar-refractivity contribution in [2.75, 3.05) is 6.61 Å². The van der Waals surface area contributed by atoms with Gasteiger partial charge in [0.15, 0.2) is 6.61 Å². The summed E-state index contributed by atoms with van der Waals surface area (Å²) in [5.41, 5.74) is 6.00. The van der Waals surface area contributed by atoms with Gasteiger partial charge in [0.2, 0.25) is 5.91 Å². The van der Waals surface area contributed by atoms with Crippen LogP contribution in [-0.4, -0.2) is 18.4 Å². The van der Waals surface area contributed by atoms with Crippen LogP contribution in [0.15, 0.2) is 60.7 Å². The van der Waals surface area contributed by atoms with Gasteiger partial charge in [-0.1, -0.05) is 48.5 Å². The second kappa shape index (κ2) is 6.96. The van der Waals surface area contributed by atoms with Crippen LogP contribution in [0.25, 0.3) is 0 Å². The molecule has 1 saturated carbocycles. The van der Waals surface area contributed by atoms with Gasteiger partial charge in [-0.25, -0.2) is 0 Å². The third kappa shape index (κ3) is 4.10. The van der Waals surface area contributed by atoms with Gasteiger partial charge in [-0.05, 0) is 30.0 Å². The number of benzene rings is 2. The molecule has 0 saturated heterocycles. The van der Waals surface area contributed by atoms with Crippen LogP contribution < -0.4 is 15.6 Å². The fourth-order valence-electron chi connectivity index (χ4n) is 2.48. The molecule has 3 rings (SSSR count). The highest BCUT2D eigenvalue weighted by atomic mass is 16.5. The fourth-order valence-corrected chi connectivity index (χ4v) is 2.48. The minimum atomic E-state index is -0.390. The average molecular weight is 310 g/mol. The normalized spacial score (nSPS) is 18.8. The van der Waals surface area contributed by atoms with Crippen molar-refractivity contribution in [2.45, 2.75) is 12.3 Å². The lowest BCUT2D eigenvalue weighted by Gasteiger charge is -2.08. The number of carbonyl (C=O) groups is 2. The Hall–Kier alpha value is -2.82. The first kappa shape index (κ1) is 15.1. The third-order valence-corrected chi connectivity index (χ3v) is 3.79. The van der Waals surface area contributed by atoms with Crippen LogP contribution in [0.3, 0.4) is 0 Å². The Morgan fingerprint density at radius 2 is 1.61 bits per heavy atom. The minimum Gasteiger partial charge on any atom is -0.484 e. The molecule has 118 valence electrons. The molecule has 1 aliphatic rings. The van der Waals surface area contributed by atoms with Crippen molar-refractivity contribution >= 4 is 11.8 Å². The SMILES string of the molecule is O=C(COc1ccccc1)NNC(=O)C1CC1c1ccccc1. The third-order valence-electron chi connectivity index (χ3n) is 3.79. The van der Waals surface area contributed by atoms with Crippen molar-refractivity contribution in [3.63, 3.8) is 0 Å². The molecular weight excluding hydrogens is 292 g/mol. The number of nitrogens with one attached hydrogen (secondary N) is 2. The summed E-state index contributed by atoms with van der Waals surface area (Å²) >= 11 is 0. The monoisotopic (exact) mass is 310 g/mol. The number of rotatable bonds is 5. The molecule has 5 nitrogen and oxygen atoms in total. The van der Waals surface area contributed by atoms with E-state index < -0.39 is 0 Å². The number of hydrogen-bond donors (Lipinski definition) is 2. The van der Waals surface area contributed by atoms with Crippen molar-refractivity contribution in [1.82, 2.24) is 10.9 Å². The molecule has 2 N–H and O–H groups in total. The lowest BCUT2D eigenvalue weighted by atomic mass is 10.1. The molecule has 2 atom stereocenters. The van der Waals surface area contributed by atoms with E-state index in [1.807, 2.05) is 48.5 Å². The van der Waals surface area contributed by atoms with Crippen molar-refractivity contribution < 1.29 is 14.3 Å². The van der Waals surface area contributed by atoms with E-state index >= 15 is 0 Å². The van der Waals surface area contributed by atoms with E-state index in [0.29, 0.717) is 5.75 Å². The van der Waals surface area contributed by atoms with E-state index in [2.05, 4.69) is 10.9 Å². The van der Waals surface area contributed by atoms with Crippen molar-refractivity contribution in [1.29, 1.82) is 0 Å². The van der Waals surface area contributed by atoms with Crippen LogP contribution in [0.5, 0.6) is 5.75 Å². The molecule has 2 aromatic rings. The number of para-hydroxylation sites is 1. The van der Waals surface area contributed by atoms with E-state index in [0.717, 1.165) is 12.0 Å². The average Bonchev–Trinajstić information content (AvgIpc) is 3.40. The molecule has 2 unspecified atom stereocenters. The predicted octanol–water partition coefficient (Wildman–Crippen LogP) is 2.02. The summed E-state index contributed by atoms with van der Waals surface area (Å²) in [6, 6.07) is 19.0. The number of carbonyl (C=O) groups excluding carboxylic acids is 2. The first-order valence-electron chi connectivity index (χ1n) is 7.55. The second-order valence-electron chi connectivity index (χ2n) is 5.50. The van der Waals surface area contributed by atoms with Crippen LogP contribution in [-0.2, 0) is 9.59 Å². The summed E-state index contributed by atoms with van der Waals surface area (Å²) in [5.74, 6) is 0.229. The Kier molecular flexibility index (Phi) is 4.57. The molecule has 23 heavy (non-hydrogen) atoms. The van der Waals surface area contributed by atoms with E-state index in [4.69, 9.17) is 4.74 Å². The highest BCUT2D eigenvalue weighted by molar-refractivity contribution is 5.86. The van der Waals surface area contributed by atoms with Crippen LogP contribution in [0, 0.1) is 5.92 Å². The molecule has 0 heterocycles. The van der Waals surface area contributed by atoms with Gasteiger partial charge in [-0.2, -0.15) is 0 Å². The molecule has 2 aromatic carbocycles. The first-order chi connectivity index (χ1) is 11.2. The number of hydrazine groups is 1. The quantitative estimate of drug-likeness (QED) is 0.830. The highest BCUT2D eigenvalue weighted by Gasteiger charge is 2.43. The molecule has 0 radical (unpaired) electrons. The van der Waals surface area contributed by atoms with E-state index in [1.165, 1.54) is 0 Å². The molecule has 5 heteroatoms. The Bertz CT molecular complexity index is 673. The first-order valence-corrected chi connectivity index (χ1v) is 7.55. The van der Waals surface area contributed by atoms with Crippen molar-refractivity contribution in [2.24, 2.45) is 5.92 Å². The molecule has 2 amide bonds. The Morgan fingerprint density at radius 3 is 2.30 bits per heavy atom. The second-order valence-corrected chi connectivity index (χ2v) is 5.50. The van der Waals surface area contributed by atoms with Gasteiger partial charge in [-0.15, -0.1) is 0 Å². The summed E-state index contributed by atoms with van der Waals surface area (Å²) in [4.78, 5) is 23.7. The van der Waals surface area contributed by atoms with Crippen LogP contribution in [0.4, 0.5) is 0 Å². The summed E-state index contributed by atoms with van der Waals surface area (Å²) < 4.78 is 5.30. The zero-order valence-electron chi connectivity index (χ0n) is 12.6. The zero-order valence-corrected chi connectivity index (χ0v) is 12.6. The standard InChI is InChI=1S/C18H18N2O3/c21-17(12-23-14-9-5-2-6-10-14)19-20-18(22)16-11-15(16)13-7-3-1-4-8-13/h1-10,15-16H,11-12H2,(H,19,21)(H,20,22). The van der Waals surface area contributed by atoms with Crippen molar-refractivity contribution in [3.8, 4) is 5.75 Å².